The first-order valence-electron chi connectivity index (χ1n) is 5.94. The van der Waals surface area contributed by atoms with E-state index in [-0.39, 0.29) is 11.1 Å². The molecule has 0 aliphatic rings. The topological polar surface area (TPSA) is 33.5 Å². The minimum atomic E-state index is -0.0840. The van der Waals surface area contributed by atoms with E-state index >= 15 is 0 Å². The zero-order valence-electron chi connectivity index (χ0n) is 10.9. The third-order valence-electron chi connectivity index (χ3n) is 2.24. The van der Waals surface area contributed by atoms with Crippen molar-refractivity contribution in [2.24, 2.45) is 11.8 Å². The number of hydrogen-bond donors (Lipinski definition) is 0. The van der Waals surface area contributed by atoms with E-state index in [1.54, 1.807) is 12.1 Å². The van der Waals surface area contributed by atoms with Crippen LogP contribution in [0, 0.1) is 11.8 Å². The largest absolute Gasteiger partial charge is 0.440 e. The molecule has 0 fully saturated rings. The molecule has 4 heteroatoms. The molecule has 1 heterocycles. The first kappa shape index (κ1) is 14.1. The number of carbonyl (C=O) groups is 1. The lowest BCUT2D eigenvalue weighted by Gasteiger charge is -2.25. The molecule has 0 aliphatic heterocycles. The average Bonchev–Trinajstić information content (AvgIpc) is 2.61. The Balaban J connectivity index is 2.78. The fraction of sp³-hybridized carbons (Fsp3) is 0.615. The highest BCUT2D eigenvalue weighted by molar-refractivity contribution is 6.29. The van der Waals surface area contributed by atoms with Gasteiger partial charge in [0.1, 0.15) is 0 Å². The highest BCUT2D eigenvalue weighted by Crippen LogP contribution is 2.16. The molecule has 1 amide bonds. The number of halogens is 1. The Hall–Kier alpha value is -0.960. The van der Waals surface area contributed by atoms with Crippen LogP contribution in [0.3, 0.4) is 0 Å². The average molecular weight is 258 g/mol. The Labute approximate surface area is 108 Å². The Morgan fingerprint density at radius 2 is 1.76 bits per heavy atom. The van der Waals surface area contributed by atoms with Crippen LogP contribution in [-0.2, 0) is 0 Å². The number of furan rings is 1. The van der Waals surface area contributed by atoms with Crippen molar-refractivity contribution in [1.29, 1.82) is 0 Å². The van der Waals surface area contributed by atoms with Gasteiger partial charge in [0.15, 0.2) is 11.0 Å². The molecule has 0 atom stereocenters. The van der Waals surface area contributed by atoms with Gasteiger partial charge in [-0.15, -0.1) is 0 Å². The Morgan fingerprint density at radius 3 is 2.12 bits per heavy atom. The van der Waals surface area contributed by atoms with Crippen LogP contribution in [0.2, 0.25) is 5.22 Å². The van der Waals surface area contributed by atoms with Gasteiger partial charge >= 0.3 is 0 Å². The molecular formula is C13H20ClNO2. The first-order valence-corrected chi connectivity index (χ1v) is 6.32. The molecule has 96 valence electrons. The molecule has 0 radical (unpaired) electrons. The van der Waals surface area contributed by atoms with Crippen molar-refractivity contribution >= 4 is 17.5 Å². The lowest BCUT2D eigenvalue weighted by molar-refractivity contribution is 0.0683. The molecule has 0 unspecified atom stereocenters. The summed E-state index contributed by atoms with van der Waals surface area (Å²) in [6.07, 6.45) is 0. The van der Waals surface area contributed by atoms with Crippen LogP contribution in [-0.4, -0.2) is 23.9 Å². The van der Waals surface area contributed by atoms with Gasteiger partial charge in [-0.25, -0.2) is 0 Å². The van der Waals surface area contributed by atoms with E-state index in [0.717, 1.165) is 13.1 Å². The standard InChI is InChI=1S/C13H20ClNO2/c1-9(2)7-15(8-10(3)4)13(16)11-5-6-12(14)17-11/h5-6,9-10H,7-8H2,1-4H3. The highest BCUT2D eigenvalue weighted by Gasteiger charge is 2.20. The summed E-state index contributed by atoms with van der Waals surface area (Å²) < 4.78 is 5.16. The molecule has 1 aromatic rings. The van der Waals surface area contributed by atoms with Crippen molar-refractivity contribution in [3.63, 3.8) is 0 Å². The molecule has 0 saturated heterocycles. The Kier molecular flexibility index (Phi) is 5.06. The molecular weight excluding hydrogens is 238 g/mol. The maximum atomic E-state index is 12.2. The van der Waals surface area contributed by atoms with Crippen molar-refractivity contribution in [2.45, 2.75) is 27.7 Å². The molecule has 0 N–H and O–H groups in total. The van der Waals surface area contributed by atoms with Crippen LogP contribution in [0.25, 0.3) is 0 Å². The third-order valence-corrected chi connectivity index (χ3v) is 2.45. The van der Waals surface area contributed by atoms with E-state index in [1.807, 2.05) is 4.90 Å². The number of amides is 1. The van der Waals surface area contributed by atoms with E-state index in [1.165, 1.54) is 0 Å². The zero-order chi connectivity index (χ0) is 13.0. The zero-order valence-corrected chi connectivity index (χ0v) is 11.6. The highest BCUT2D eigenvalue weighted by atomic mass is 35.5. The van der Waals surface area contributed by atoms with Crippen LogP contribution >= 0.6 is 11.6 Å². The van der Waals surface area contributed by atoms with E-state index in [2.05, 4.69) is 27.7 Å². The fourth-order valence-electron chi connectivity index (χ4n) is 1.71. The molecule has 0 aliphatic carbocycles. The number of nitrogens with zero attached hydrogens (tertiary/aromatic N) is 1. The normalized spacial score (nSPS) is 11.2. The molecule has 0 aromatic carbocycles. The minimum Gasteiger partial charge on any atom is -0.440 e. The smallest absolute Gasteiger partial charge is 0.289 e. The van der Waals surface area contributed by atoms with Gasteiger partial charge in [0.25, 0.3) is 5.91 Å². The summed E-state index contributed by atoms with van der Waals surface area (Å²) >= 11 is 5.68. The second-order valence-corrected chi connectivity index (χ2v) is 5.47. The van der Waals surface area contributed by atoms with Crippen molar-refractivity contribution in [3.8, 4) is 0 Å². The Bertz CT molecular complexity index is 361. The van der Waals surface area contributed by atoms with Gasteiger partial charge in [-0.05, 0) is 35.6 Å². The summed E-state index contributed by atoms with van der Waals surface area (Å²) in [5.41, 5.74) is 0. The van der Waals surface area contributed by atoms with Crippen LogP contribution in [0.4, 0.5) is 0 Å². The van der Waals surface area contributed by atoms with Crippen LogP contribution < -0.4 is 0 Å². The number of rotatable bonds is 5. The van der Waals surface area contributed by atoms with Crippen LogP contribution in [0.5, 0.6) is 0 Å². The maximum absolute atomic E-state index is 12.2. The van der Waals surface area contributed by atoms with E-state index in [4.69, 9.17) is 16.0 Å². The van der Waals surface area contributed by atoms with Gasteiger partial charge in [0, 0.05) is 13.1 Å². The fourth-order valence-corrected chi connectivity index (χ4v) is 1.85. The van der Waals surface area contributed by atoms with E-state index in [9.17, 15) is 4.79 Å². The van der Waals surface area contributed by atoms with E-state index < -0.39 is 0 Å². The van der Waals surface area contributed by atoms with Crippen molar-refractivity contribution < 1.29 is 9.21 Å². The summed E-state index contributed by atoms with van der Waals surface area (Å²) in [5, 5.41) is 0.252. The summed E-state index contributed by atoms with van der Waals surface area (Å²) in [4.78, 5) is 14.0. The second-order valence-electron chi connectivity index (χ2n) is 5.10. The van der Waals surface area contributed by atoms with Gasteiger partial charge in [0.05, 0.1) is 0 Å². The summed E-state index contributed by atoms with van der Waals surface area (Å²) in [7, 11) is 0. The molecule has 0 saturated carbocycles. The van der Waals surface area contributed by atoms with Crippen molar-refractivity contribution in [2.75, 3.05) is 13.1 Å². The molecule has 3 nitrogen and oxygen atoms in total. The predicted octanol–water partition coefficient (Wildman–Crippen LogP) is 3.69. The van der Waals surface area contributed by atoms with Gasteiger partial charge in [-0.1, -0.05) is 27.7 Å². The summed E-state index contributed by atoms with van der Waals surface area (Å²) in [6.45, 7) is 9.83. The number of hydrogen-bond acceptors (Lipinski definition) is 2. The third kappa shape index (κ3) is 4.43. The lowest BCUT2D eigenvalue weighted by Crippen LogP contribution is -2.36. The Morgan fingerprint density at radius 1 is 1.24 bits per heavy atom. The van der Waals surface area contributed by atoms with Crippen molar-refractivity contribution in [1.82, 2.24) is 4.90 Å². The second kappa shape index (κ2) is 6.10. The molecule has 0 bridgehead atoms. The molecule has 17 heavy (non-hydrogen) atoms. The van der Waals surface area contributed by atoms with E-state index in [0.29, 0.717) is 17.6 Å². The minimum absolute atomic E-state index is 0.0840. The maximum Gasteiger partial charge on any atom is 0.289 e. The molecule has 1 rings (SSSR count). The van der Waals surface area contributed by atoms with Gasteiger partial charge in [0.2, 0.25) is 0 Å². The van der Waals surface area contributed by atoms with Crippen molar-refractivity contribution in [3.05, 3.63) is 23.1 Å². The van der Waals surface area contributed by atoms with Crippen LogP contribution in [0.1, 0.15) is 38.2 Å². The predicted molar refractivity (Wildman–Crippen MR) is 69.3 cm³/mol. The summed E-state index contributed by atoms with van der Waals surface area (Å²) in [5.74, 6) is 1.10. The number of carbonyl (C=O) groups excluding carboxylic acids is 1. The van der Waals surface area contributed by atoms with Crippen LogP contribution in [0.15, 0.2) is 16.5 Å². The summed E-state index contributed by atoms with van der Waals surface area (Å²) in [6, 6.07) is 3.22. The molecule has 0 spiro atoms. The van der Waals surface area contributed by atoms with Gasteiger partial charge in [-0.3, -0.25) is 4.79 Å². The quantitative estimate of drug-likeness (QED) is 0.806. The van der Waals surface area contributed by atoms with Gasteiger partial charge < -0.3 is 9.32 Å². The SMILES string of the molecule is CC(C)CN(CC(C)C)C(=O)c1ccc(Cl)o1. The first-order chi connectivity index (χ1) is 7.90. The monoisotopic (exact) mass is 257 g/mol. The van der Waals surface area contributed by atoms with Gasteiger partial charge in [-0.2, -0.15) is 0 Å². The molecule has 1 aromatic heterocycles. The lowest BCUT2D eigenvalue weighted by atomic mass is 10.1.